The maximum atomic E-state index is 12.0. The minimum absolute atomic E-state index is 0.106. The third kappa shape index (κ3) is 3.55. The molecule has 0 aliphatic rings. The molecule has 0 bridgehead atoms. The highest BCUT2D eigenvalue weighted by molar-refractivity contribution is 5.75. The van der Waals surface area contributed by atoms with Crippen molar-refractivity contribution in [2.24, 2.45) is 5.73 Å². The molecule has 3 N–H and O–H groups in total. The maximum absolute atomic E-state index is 12.0. The molecule has 0 saturated carbocycles. The van der Waals surface area contributed by atoms with Crippen molar-refractivity contribution in [1.29, 1.82) is 0 Å². The number of hydrogen-bond donors (Lipinski definition) is 2. The first-order valence-corrected chi connectivity index (χ1v) is 4.29. The zero-order valence-electron chi connectivity index (χ0n) is 8.89. The van der Waals surface area contributed by atoms with Crippen molar-refractivity contribution < 1.29 is 20.4 Å². The first-order valence-electron chi connectivity index (χ1n) is 4.87. The number of phenols is 1. The molecule has 0 spiro atoms. The summed E-state index contributed by atoms with van der Waals surface area (Å²) in [4.78, 5) is 11.1. The van der Waals surface area contributed by atoms with E-state index >= 15 is 0 Å². The summed E-state index contributed by atoms with van der Waals surface area (Å²) in [5.41, 5.74) is 6.16. The van der Waals surface area contributed by atoms with Crippen LogP contribution < -0.4 is 5.73 Å². The van der Waals surface area contributed by atoms with E-state index in [2.05, 4.69) is 4.74 Å². The molecular weight excluding hydrogens is 201 g/mol. The van der Waals surface area contributed by atoms with E-state index in [-0.39, 0.29) is 12.2 Å². The molecular formula is C10H12FNO3. The summed E-state index contributed by atoms with van der Waals surface area (Å²) in [6.45, 7) is -2.40. The fourth-order valence-corrected chi connectivity index (χ4v) is 1.10. The van der Waals surface area contributed by atoms with Crippen LogP contribution in [0, 0.1) is 0 Å². The van der Waals surface area contributed by atoms with Crippen molar-refractivity contribution in [3.05, 3.63) is 29.8 Å². The molecule has 4 nitrogen and oxygen atoms in total. The van der Waals surface area contributed by atoms with Gasteiger partial charge in [0.05, 0.1) is 0 Å². The Kier molecular flexibility index (Phi) is 3.51. The van der Waals surface area contributed by atoms with Crippen LogP contribution in [0.2, 0.25) is 0 Å². The van der Waals surface area contributed by atoms with Gasteiger partial charge in [0, 0.05) is 0 Å². The molecule has 0 amide bonds. The lowest BCUT2D eigenvalue weighted by Gasteiger charge is -2.09. The number of hydrogen-bond acceptors (Lipinski definition) is 4. The van der Waals surface area contributed by atoms with E-state index in [1.54, 1.807) is 12.1 Å². The van der Waals surface area contributed by atoms with Crippen LogP contribution in [-0.2, 0) is 16.0 Å². The van der Waals surface area contributed by atoms with Crippen LogP contribution in [0.25, 0.3) is 0 Å². The third-order valence-electron chi connectivity index (χ3n) is 1.86. The number of aromatic hydroxyl groups is 1. The van der Waals surface area contributed by atoms with Gasteiger partial charge in [0.2, 0.25) is 6.84 Å². The Labute approximate surface area is 87.9 Å². The number of ether oxygens (including phenoxy) is 1. The first-order chi connectivity index (χ1) is 7.49. The van der Waals surface area contributed by atoms with Crippen molar-refractivity contribution >= 4 is 5.97 Å². The van der Waals surface area contributed by atoms with Crippen LogP contribution in [-0.4, -0.2) is 24.0 Å². The van der Waals surface area contributed by atoms with Crippen molar-refractivity contribution in [2.45, 2.75) is 12.5 Å². The topological polar surface area (TPSA) is 72.5 Å². The molecule has 0 fully saturated rings. The SMILES string of the molecule is [2H]C(F)OC(=O)[C@@H](N)Cc1ccc(O)cc1. The van der Waals surface area contributed by atoms with E-state index < -0.39 is 18.8 Å². The van der Waals surface area contributed by atoms with Gasteiger partial charge < -0.3 is 15.6 Å². The second-order valence-corrected chi connectivity index (χ2v) is 3.00. The quantitative estimate of drug-likeness (QED) is 0.725. The van der Waals surface area contributed by atoms with Crippen molar-refractivity contribution in [3.63, 3.8) is 0 Å². The Hall–Kier alpha value is -1.62. The number of carbonyl (C=O) groups excluding carboxylic acids is 1. The van der Waals surface area contributed by atoms with Gasteiger partial charge in [0.1, 0.15) is 13.2 Å². The maximum Gasteiger partial charge on any atom is 0.325 e. The Morgan fingerprint density at radius 2 is 2.20 bits per heavy atom. The van der Waals surface area contributed by atoms with Crippen molar-refractivity contribution in [3.8, 4) is 5.75 Å². The fraction of sp³-hybridized carbons (Fsp3) is 0.300. The molecule has 1 unspecified atom stereocenters. The zero-order valence-corrected chi connectivity index (χ0v) is 7.89. The molecule has 0 aliphatic heterocycles. The smallest absolute Gasteiger partial charge is 0.325 e. The number of phenolic OH excluding ortho intramolecular Hbond substituents is 1. The molecule has 0 radical (unpaired) electrons. The lowest BCUT2D eigenvalue weighted by atomic mass is 10.1. The first kappa shape index (κ1) is 9.92. The average molecular weight is 214 g/mol. The average Bonchev–Trinajstić information content (AvgIpc) is 2.20. The van der Waals surface area contributed by atoms with E-state index in [9.17, 15) is 9.18 Å². The number of alkyl halides is 1. The van der Waals surface area contributed by atoms with Crippen LogP contribution in [0.4, 0.5) is 4.39 Å². The summed E-state index contributed by atoms with van der Waals surface area (Å²) < 4.78 is 22.4. The Morgan fingerprint density at radius 1 is 1.60 bits per heavy atom. The summed E-state index contributed by atoms with van der Waals surface area (Å²) in [6, 6.07) is 5.07. The number of benzene rings is 1. The van der Waals surface area contributed by atoms with E-state index in [0.29, 0.717) is 5.56 Å². The van der Waals surface area contributed by atoms with Gasteiger partial charge in [0.15, 0.2) is 0 Å². The summed E-state index contributed by atoms with van der Waals surface area (Å²) in [6.07, 6.45) is 0.159. The van der Waals surface area contributed by atoms with Gasteiger partial charge in [-0.05, 0) is 24.1 Å². The molecule has 0 aromatic heterocycles. The van der Waals surface area contributed by atoms with Crippen molar-refractivity contribution in [1.82, 2.24) is 0 Å². The molecule has 2 atom stereocenters. The second-order valence-electron chi connectivity index (χ2n) is 3.00. The Bertz CT molecular complexity index is 356. The molecule has 1 rings (SSSR count). The standard InChI is InChI=1S/C10H12FNO3/c11-6-15-10(14)9(12)5-7-1-3-8(13)4-2-7/h1-4,9,13H,5-6,12H2/t9-/m0/s1/i6D/t6?,9-. The number of nitrogens with two attached hydrogens (primary N) is 1. The zero-order chi connectivity index (χ0) is 12.1. The summed E-state index contributed by atoms with van der Waals surface area (Å²) in [7, 11) is 0. The highest BCUT2D eigenvalue weighted by Gasteiger charge is 2.15. The highest BCUT2D eigenvalue weighted by Crippen LogP contribution is 2.11. The third-order valence-corrected chi connectivity index (χ3v) is 1.86. The predicted octanol–water partition coefficient (Wildman–Crippen LogP) is 0.732. The molecule has 5 heteroatoms. The fourth-order valence-electron chi connectivity index (χ4n) is 1.10. The van der Waals surface area contributed by atoms with Gasteiger partial charge in [0.25, 0.3) is 0 Å². The van der Waals surface area contributed by atoms with E-state index in [1.807, 2.05) is 0 Å². The van der Waals surface area contributed by atoms with Crippen LogP contribution in [0.1, 0.15) is 6.93 Å². The van der Waals surface area contributed by atoms with E-state index in [0.717, 1.165) is 0 Å². The second kappa shape index (κ2) is 5.31. The summed E-state index contributed by atoms with van der Waals surface area (Å²) in [5, 5.41) is 9.02. The minimum Gasteiger partial charge on any atom is -0.508 e. The summed E-state index contributed by atoms with van der Waals surface area (Å²) in [5.74, 6) is -0.856. The molecule has 1 aromatic rings. The normalized spacial score (nSPS) is 15.2. The minimum atomic E-state index is -2.40. The Balaban J connectivity index is 2.53. The van der Waals surface area contributed by atoms with E-state index in [1.165, 1.54) is 12.1 Å². The van der Waals surface area contributed by atoms with Gasteiger partial charge in [-0.15, -0.1) is 0 Å². The van der Waals surface area contributed by atoms with Gasteiger partial charge >= 0.3 is 5.97 Å². The molecule has 1 aromatic carbocycles. The van der Waals surface area contributed by atoms with Gasteiger partial charge in [-0.1, -0.05) is 12.1 Å². The number of carbonyl (C=O) groups is 1. The number of esters is 1. The van der Waals surface area contributed by atoms with Gasteiger partial charge in [-0.25, -0.2) is 4.39 Å². The highest BCUT2D eigenvalue weighted by atomic mass is 19.1. The lowest BCUT2D eigenvalue weighted by molar-refractivity contribution is -0.149. The molecule has 0 heterocycles. The van der Waals surface area contributed by atoms with Crippen LogP contribution >= 0.6 is 0 Å². The number of rotatable bonds is 4. The van der Waals surface area contributed by atoms with Crippen molar-refractivity contribution in [2.75, 3.05) is 6.84 Å². The summed E-state index contributed by atoms with van der Waals surface area (Å²) >= 11 is 0. The van der Waals surface area contributed by atoms with Crippen LogP contribution in [0.3, 0.4) is 0 Å². The lowest BCUT2D eigenvalue weighted by Crippen LogP contribution is -2.34. The molecule has 82 valence electrons. The predicted molar refractivity (Wildman–Crippen MR) is 51.9 cm³/mol. The van der Waals surface area contributed by atoms with E-state index in [4.69, 9.17) is 12.2 Å². The van der Waals surface area contributed by atoms with Crippen LogP contribution in [0.5, 0.6) is 5.75 Å². The van der Waals surface area contributed by atoms with Crippen LogP contribution in [0.15, 0.2) is 24.3 Å². The van der Waals surface area contributed by atoms with Gasteiger partial charge in [-0.2, -0.15) is 0 Å². The largest absolute Gasteiger partial charge is 0.508 e. The monoisotopic (exact) mass is 214 g/mol. The number of halogens is 1. The molecule has 0 saturated heterocycles. The molecule has 0 aliphatic carbocycles. The molecule has 15 heavy (non-hydrogen) atoms. The Morgan fingerprint density at radius 3 is 2.73 bits per heavy atom. The van der Waals surface area contributed by atoms with Gasteiger partial charge in [-0.3, -0.25) is 4.79 Å².